The lowest BCUT2D eigenvalue weighted by Crippen LogP contribution is -2.43. The lowest BCUT2D eigenvalue weighted by molar-refractivity contribution is -0.137. The first-order chi connectivity index (χ1) is 9.79. The Hall–Kier alpha value is -2.24. The number of nitrogens with one attached hydrogen (secondary N) is 1. The molecule has 1 aromatic carbocycles. The SMILES string of the molecule is COc1ccc(OC)c(C(=O)NC(C)(C)CCC(=O)O)c1. The van der Waals surface area contributed by atoms with Crippen LogP contribution in [0.15, 0.2) is 18.2 Å². The van der Waals surface area contributed by atoms with Gasteiger partial charge in [-0.05, 0) is 38.5 Å². The van der Waals surface area contributed by atoms with Gasteiger partial charge in [0.25, 0.3) is 5.91 Å². The highest BCUT2D eigenvalue weighted by molar-refractivity contribution is 5.97. The van der Waals surface area contributed by atoms with Crippen molar-refractivity contribution in [3.05, 3.63) is 23.8 Å². The maximum Gasteiger partial charge on any atom is 0.303 e. The number of rotatable bonds is 7. The van der Waals surface area contributed by atoms with Crippen LogP contribution in [0.3, 0.4) is 0 Å². The van der Waals surface area contributed by atoms with Gasteiger partial charge in [-0.2, -0.15) is 0 Å². The van der Waals surface area contributed by atoms with Crippen LogP contribution in [0, 0.1) is 0 Å². The third kappa shape index (κ3) is 4.98. The second-order valence-corrected chi connectivity index (χ2v) is 5.30. The van der Waals surface area contributed by atoms with Gasteiger partial charge in [-0.3, -0.25) is 9.59 Å². The van der Waals surface area contributed by atoms with Crippen LogP contribution >= 0.6 is 0 Å². The minimum atomic E-state index is -0.892. The van der Waals surface area contributed by atoms with Crippen molar-refractivity contribution in [1.29, 1.82) is 0 Å². The van der Waals surface area contributed by atoms with Crippen molar-refractivity contribution in [1.82, 2.24) is 5.32 Å². The second kappa shape index (κ2) is 6.97. The Morgan fingerprint density at radius 3 is 2.43 bits per heavy atom. The molecule has 0 saturated carbocycles. The van der Waals surface area contributed by atoms with E-state index in [4.69, 9.17) is 14.6 Å². The summed E-state index contributed by atoms with van der Waals surface area (Å²) < 4.78 is 10.3. The third-order valence-electron chi connectivity index (χ3n) is 3.07. The Kier molecular flexibility index (Phi) is 5.58. The van der Waals surface area contributed by atoms with Crippen LogP contribution in [-0.4, -0.2) is 36.7 Å². The highest BCUT2D eigenvalue weighted by Crippen LogP contribution is 2.25. The minimum Gasteiger partial charge on any atom is -0.497 e. The fourth-order valence-electron chi connectivity index (χ4n) is 1.85. The van der Waals surface area contributed by atoms with Crippen LogP contribution in [0.2, 0.25) is 0 Å². The lowest BCUT2D eigenvalue weighted by atomic mass is 9.97. The van der Waals surface area contributed by atoms with Gasteiger partial charge in [-0.1, -0.05) is 0 Å². The van der Waals surface area contributed by atoms with E-state index in [1.807, 2.05) is 0 Å². The number of ether oxygens (including phenoxy) is 2. The van der Waals surface area contributed by atoms with E-state index in [1.165, 1.54) is 14.2 Å². The minimum absolute atomic E-state index is 0.0114. The summed E-state index contributed by atoms with van der Waals surface area (Å²) in [6.07, 6.45) is 0.322. The number of aliphatic carboxylic acids is 1. The molecule has 0 aliphatic heterocycles. The normalized spacial score (nSPS) is 10.9. The Balaban J connectivity index is 2.90. The summed E-state index contributed by atoms with van der Waals surface area (Å²) in [6.45, 7) is 3.56. The van der Waals surface area contributed by atoms with Gasteiger partial charge in [0.1, 0.15) is 11.5 Å². The first-order valence-corrected chi connectivity index (χ1v) is 6.55. The largest absolute Gasteiger partial charge is 0.497 e. The second-order valence-electron chi connectivity index (χ2n) is 5.30. The van der Waals surface area contributed by atoms with Crippen molar-refractivity contribution in [2.24, 2.45) is 0 Å². The van der Waals surface area contributed by atoms with E-state index in [9.17, 15) is 9.59 Å². The molecule has 0 fully saturated rings. The first-order valence-electron chi connectivity index (χ1n) is 6.55. The lowest BCUT2D eigenvalue weighted by Gasteiger charge is -2.26. The quantitative estimate of drug-likeness (QED) is 0.804. The average Bonchev–Trinajstić information content (AvgIpc) is 2.44. The Bertz CT molecular complexity index is 525. The molecule has 0 bridgehead atoms. The number of carbonyl (C=O) groups is 2. The van der Waals surface area contributed by atoms with Crippen LogP contribution in [-0.2, 0) is 4.79 Å². The molecule has 1 rings (SSSR count). The number of hydrogen-bond donors (Lipinski definition) is 2. The van der Waals surface area contributed by atoms with E-state index in [0.29, 0.717) is 23.5 Å². The number of amides is 1. The molecule has 0 heterocycles. The molecule has 0 atom stereocenters. The number of carboxylic acids is 1. The summed E-state index contributed by atoms with van der Waals surface area (Å²) in [4.78, 5) is 23.0. The average molecular weight is 295 g/mol. The van der Waals surface area contributed by atoms with Gasteiger partial charge in [0.2, 0.25) is 0 Å². The third-order valence-corrected chi connectivity index (χ3v) is 3.07. The molecule has 1 amide bonds. The van der Waals surface area contributed by atoms with E-state index in [0.717, 1.165) is 0 Å². The Morgan fingerprint density at radius 2 is 1.90 bits per heavy atom. The van der Waals surface area contributed by atoms with E-state index in [1.54, 1.807) is 32.0 Å². The zero-order valence-corrected chi connectivity index (χ0v) is 12.7. The summed E-state index contributed by atoms with van der Waals surface area (Å²) in [5.41, 5.74) is -0.288. The van der Waals surface area contributed by atoms with E-state index in [-0.39, 0.29) is 12.3 Å². The van der Waals surface area contributed by atoms with Crippen molar-refractivity contribution >= 4 is 11.9 Å². The molecular formula is C15H21NO5. The van der Waals surface area contributed by atoms with Crippen molar-refractivity contribution < 1.29 is 24.2 Å². The summed E-state index contributed by atoms with van der Waals surface area (Å²) >= 11 is 0. The van der Waals surface area contributed by atoms with Gasteiger partial charge in [-0.15, -0.1) is 0 Å². The van der Waals surface area contributed by atoms with Crippen LogP contribution in [0.4, 0.5) is 0 Å². The highest BCUT2D eigenvalue weighted by atomic mass is 16.5. The molecule has 0 saturated heterocycles. The molecule has 6 heteroatoms. The smallest absolute Gasteiger partial charge is 0.303 e. The standard InChI is InChI=1S/C15H21NO5/c1-15(2,8-7-13(17)18)16-14(19)11-9-10(20-3)5-6-12(11)21-4/h5-6,9H,7-8H2,1-4H3,(H,16,19)(H,17,18). The molecular weight excluding hydrogens is 274 g/mol. The van der Waals surface area contributed by atoms with Gasteiger partial charge >= 0.3 is 5.97 Å². The highest BCUT2D eigenvalue weighted by Gasteiger charge is 2.24. The van der Waals surface area contributed by atoms with Crippen LogP contribution in [0.25, 0.3) is 0 Å². The van der Waals surface area contributed by atoms with Crippen LogP contribution < -0.4 is 14.8 Å². The summed E-state index contributed by atoms with van der Waals surface area (Å²) in [6, 6.07) is 4.94. The molecule has 1 aromatic rings. The summed E-state index contributed by atoms with van der Waals surface area (Å²) in [7, 11) is 2.99. The molecule has 21 heavy (non-hydrogen) atoms. The zero-order valence-electron chi connectivity index (χ0n) is 12.7. The van der Waals surface area contributed by atoms with Gasteiger partial charge in [0, 0.05) is 12.0 Å². The molecule has 0 aromatic heterocycles. The fraction of sp³-hybridized carbons (Fsp3) is 0.467. The van der Waals surface area contributed by atoms with Crippen LogP contribution in [0.1, 0.15) is 37.0 Å². The number of benzene rings is 1. The number of carboxylic acid groups (broad SMARTS) is 1. The van der Waals surface area contributed by atoms with E-state index < -0.39 is 11.5 Å². The molecule has 0 spiro atoms. The zero-order chi connectivity index (χ0) is 16.0. The van der Waals surface area contributed by atoms with Gasteiger partial charge in [0.05, 0.1) is 19.8 Å². The first kappa shape index (κ1) is 16.8. The Labute approximate surface area is 124 Å². The summed E-state index contributed by atoms with van der Waals surface area (Å²) in [5.74, 6) is -0.246. The Morgan fingerprint density at radius 1 is 1.24 bits per heavy atom. The molecule has 0 unspecified atom stereocenters. The molecule has 0 radical (unpaired) electrons. The van der Waals surface area contributed by atoms with Gasteiger partial charge in [0.15, 0.2) is 0 Å². The number of methoxy groups -OCH3 is 2. The predicted octanol–water partition coefficient (Wildman–Crippen LogP) is 2.08. The van der Waals surface area contributed by atoms with Crippen molar-refractivity contribution in [3.8, 4) is 11.5 Å². The molecule has 2 N–H and O–H groups in total. The maximum absolute atomic E-state index is 12.4. The molecule has 6 nitrogen and oxygen atoms in total. The molecule has 0 aliphatic rings. The van der Waals surface area contributed by atoms with Gasteiger partial charge in [-0.25, -0.2) is 0 Å². The van der Waals surface area contributed by atoms with Gasteiger partial charge < -0.3 is 19.9 Å². The fourth-order valence-corrected chi connectivity index (χ4v) is 1.85. The van der Waals surface area contributed by atoms with Crippen LogP contribution in [0.5, 0.6) is 11.5 Å². The van der Waals surface area contributed by atoms with Crippen molar-refractivity contribution in [2.75, 3.05) is 14.2 Å². The van der Waals surface area contributed by atoms with Crippen molar-refractivity contribution in [2.45, 2.75) is 32.2 Å². The predicted molar refractivity (Wildman–Crippen MR) is 78.0 cm³/mol. The topological polar surface area (TPSA) is 84.9 Å². The number of carbonyl (C=O) groups excluding carboxylic acids is 1. The van der Waals surface area contributed by atoms with Crippen molar-refractivity contribution in [3.63, 3.8) is 0 Å². The van der Waals surface area contributed by atoms with E-state index in [2.05, 4.69) is 5.32 Å². The monoisotopic (exact) mass is 295 g/mol. The number of hydrogen-bond acceptors (Lipinski definition) is 4. The maximum atomic E-state index is 12.4. The van der Waals surface area contributed by atoms with E-state index >= 15 is 0 Å². The molecule has 0 aliphatic carbocycles. The summed E-state index contributed by atoms with van der Waals surface area (Å²) in [5, 5.41) is 11.5. The molecule has 116 valence electrons.